The van der Waals surface area contributed by atoms with E-state index in [9.17, 15) is 0 Å². The summed E-state index contributed by atoms with van der Waals surface area (Å²) < 4.78 is 0. The molecule has 14 heavy (non-hydrogen) atoms. The molecule has 0 aromatic rings. The van der Waals surface area contributed by atoms with E-state index in [0.717, 1.165) is 12.3 Å². The van der Waals surface area contributed by atoms with Gasteiger partial charge in [0.25, 0.3) is 0 Å². The van der Waals surface area contributed by atoms with Gasteiger partial charge in [-0.1, -0.05) is 31.6 Å². The molecule has 0 aliphatic heterocycles. The minimum Gasteiger partial charge on any atom is -0.321 e. The normalized spacial score (nSPS) is 43.9. The van der Waals surface area contributed by atoms with Gasteiger partial charge in [0.1, 0.15) is 0 Å². The summed E-state index contributed by atoms with van der Waals surface area (Å²) in [6, 6.07) is 0. The molecule has 78 valence electrons. The van der Waals surface area contributed by atoms with E-state index in [4.69, 9.17) is 5.73 Å². The van der Waals surface area contributed by atoms with Crippen molar-refractivity contribution < 1.29 is 0 Å². The number of allylic oxidation sites excluding steroid dienone is 1. The Kier molecular flexibility index (Phi) is 1.94. The van der Waals surface area contributed by atoms with Crippen LogP contribution in [0, 0.1) is 17.3 Å². The molecule has 1 heteroatoms. The van der Waals surface area contributed by atoms with Crippen molar-refractivity contribution in [2.24, 2.45) is 23.0 Å². The van der Waals surface area contributed by atoms with Crippen molar-refractivity contribution in [3.8, 4) is 0 Å². The van der Waals surface area contributed by atoms with Gasteiger partial charge in [-0.05, 0) is 37.0 Å². The lowest BCUT2D eigenvalue weighted by atomic mass is 9.43. The second-order valence-electron chi connectivity index (χ2n) is 5.66. The smallest absolute Gasteiger partial charge is 0.0410 e. The van der Waals surface area contributed by atoms with E-state index >= 15 is 0 Å². The fourth-order valence-corrected chi connectivity index (χ4v) is 3.69. The summed E-state index contributed by atoms with van der Waals surface area (Å²) in [6.45, 7) is 10.8. The predicted octanol–water partition coefficient (Wildman–Crippen LogP) is 2.88. The number of fused-ring (bicyclic) bond motifs is 1. The summed E-state index contributed by atoms with van der Waals surface area (Å²) in [5.41, 5.74) is 8.24. The molecule has 0 saturated heterocycles. The molecule has 0 heterocycles. The fourth-order valence-electron chi connectivity index (χ4n) is 3.69. The maximum atomic E-state index is 6.47. The highest BCUT2D eigenvalue weighted by molar-refractivity contribution is 5.32. The maximum Gasteiger partial charge on any atom is 0.0410 e. The van der Waals surface area contributed by atoms with Crippen LogP contribution in [0.25, 0.3) is 0 Å². The van der Waals surface area contributed by atoms with Crippen molar-refractivity contribution in [3.63, 3.8) is 0 Å². The Hall–Kier alpha value is -0.560. The standard InChI is InChI=1S/C13H21N/c1-5-6-13(14)8-9(2)10-7-11(13)12(10,3)4/h5,8,10-11H,1,6-7,14H2,2-4H3/t10-,11?,13+/m1/s1. The minimum atomic E-state index is -0.121. The van der Waals surface area contributed by atoms with Crippen LogP contribution >= 0.6 is 0 Å². The highest BCUT2D eigenvalue weighted by Gasteiger charge is 2.58. The third kappa shape index (κ3) is 1.05. The van der Waals surface area contributed by atoms with Crippen LogP contribution in [0.1, 0.15) is 33.6 Å². The van der Waals surface area contributed by atoms with Crippen LogP contribution in [0.15, 0.2) is 24.3 Å². The molecule has 1 saturated carbocycles. The van der Waals surface area contributed by atoms with E-state index in [1.54, 1.807) is 0 Å². The van der Waals surface area contributed by atoms with Gasteiger partial charge in [0, 0.05) is 5.54 Å². The molecule has 2 bridgehead atoms. The lowest BCUT2D eigenvalue weighted by molar-refractivity contribution is -0.0499. The Morgan fingerprint density at radius 3 is 2.71 bits per heavy atom. The van der Waals surface area contributed by atoms with Crippen LogP contribution in [0.3, 0.4) is 0 Å². The summed E-state index contributed by atoms with van der Waals surface area (Å²) in [5, 5.41) is 0. The Morgan fingerprint density at radius 1 is 1.64 bits per heavy atom. The van der Waals surface area contributed by atoms with E-state index in [-0.39, 0.29) is 5.54 Å². The third-order valence-corrected chi connectivity index (χ3v) is 4.46. The summed E-state index contributed by atoms with van der Waals surface area (Å²) in [7, 11) is 0. The van der Waals surface area contributed by atoms with E-state index in [1.165, 1.54) is 12.0 Å². The first-order valence-corrected chi connectivity index (χ1v) is 5.51. The highest BCUT2D eigenvalue weighted by atomic mass is 14.8. The molecule has 1 nitrogen and oxygen atoms in total. The Morgan fingerprint density at radius 2 is 2.29 bits per heavy atom. The number of hydrogen-bond acceptors (Lipinski definition) is 1. The predicted molar refractivity (Wildman–Crippen MR) is 60.9 cm³/mol. The molecule has 3 aliphatic carbocycles. The molecule has 0 aromatic heterocycles. The summed E-state index contributed by atoms with van der Waals surface area (Å²) in [6.07, 6.45) is 6.43. The Labute approximate surface area is 87.1 Å². The van der Waals surface area contributed by atoms with Crippen molar-refractivity contribution in [2.75, 3.05) is 0 Å². The minimum absolute atomic E-state index is 0.121. The van der Waals surface area contributed by atoms with Crippen LogP contribution in [-0.2, 0) is 0 Å². The zero-order chi connectivity index (χ0) is 10.6. The first-order chi connectivity index (χ1) is 6.42. The van der Waals surface area contributed by atoms with Crippen molar-refractivity contribution in [3.05, 3.63) is 24.3 Å². The van der Waals surface area contributed by atoms with E-state index in [2.05, 4.69) is 33.4 Å². The first-order valence-electron chi connectivity index (χ1n) is 5.51. The van der Waals surface area contributed by atoms with Crippen LogP contribution < -0.4 is 5.73 Å². The third-order valence-electron chi connectivity index (χ3n) is 4.46. The molecule has 1 unspecified atom stereocenters. The SMILES string of the molecule is C=CC[C@]1(N)C=C(C)[C@H]2CC1C2(C)C. The molecular formula is C13H21N. The van der Waals surface area contributed by atoms with Crippen molar-refractivity contribution >= 4 is 0 Å². The molecule has 0 spiro atoms. The molecule has 3 atom stereocenters. The number of hydrogen-bond donors (Lipinski definition) is 1. The largest absolute Gasteiger partial charge is 0.321 e. The Bertz CT molecular complexity index is 300. The molecular weight excluding hydrogens is 170 g/mol. The second kappa shape index (κ2) is 2.73. The van der Waals surface area contributed by atoms with Crippen LogP contribution in [0.4, 0.5) is 0 Å². The van der Waals surface area contributed by atoms with Crippen LogP contribution in [0.5, 0.6) is 0 Å². The molecule has 2 N–H and O–H groups in total. The molecule has 0 aromatic carbocycles. The van der Waals surface area contributed by atoms with Gasteiger partial charge in [0.2, 0.25) is 0 Å². The topological polar surface area (TPSA) is 26.0 Å². The maximum absolute atomic E-state index is 6.47. The summed E-state index contributed by atoms with van der Waals surface area (Å²) in [4.78, 5) is 0. The van der Waals surface area contributed by atoms with Gasteiger partial charge in [0.15, 0.2) is 0 Å². The molecule has 3 aliphatic rings. The van der Waals surface area contributed by atoms with Gasteiger partial charge in [-0.25, -0.2) is 0 Å². The summed E-state index contributed by atoms with van der Waals surface area (Å²) >= 11 is 0. The molecule has 1 fully saturated rings. The van der Waals surface area contributed by atoms with Crippen molar-refractivity contribution in [1.82, 2.24) is 0 Å². The van der Waals surface area contributed by atoms with Crippen LogP contribution in [0.2, 0.25) is 0 Å². The van der Waals surface area contributed by atoms with E-state index in [1.807, 2.05) is 6.08 Å². The second-order valence-corrected chi connectivity index (χ2v) is 5.66. The Balaban J connectivity index is 2.37. The first kappa shape index (κ1) is 9.97. The lowest BCUT2D eigenvalue weighted by Crippen LogP contribution is -2.63. The van der Waals surface area contributed by atoms with Crippen molar-refractivity contribution in [1.29, 1.82) is 0 Å². The zero-order valence-corrected chi connectivity index (χ0v) is 9.51. The molecule has 0 radical (unpaired) electrons. The van der Waals surface area contributed by atoms with Gasteiger partial charge >= 0.3 is 0 Å². The molecule has 3 rings (SSSR count). The van der Waals surface area contributed by atoms with Gasteiger partial charge < -0.3 is 5.73 Å². The van der Waals surface area contributed by atoms with Gasteiger partial charge in [-0.15, -0.1) is 6.58 Å². The number of nitrogens with two attached hydrogens (primary N) is 1. The monoisotopic (exact) mass is 191 g/mol. The highest BCUT2D eigenvalue weighted by Crippen LogP contribution is 2.62. The fraction of sp³-hybridized carbons (Fsp3) is 0.692. The van der Waals surface area contributed by atoms with Gasteiger partial charge in [-0.3, -0.25) is 0 Å². The quantitative estimate of drug-likeness (QED) is 0.667. The number of rotatable bonds is 2. The van der Waals surface area contributed by atoms with Crippen molar-refractivity contribution in [2.45, 2.75) is 39.2 Å². The average Bonchev–Trinajstić information content (AvgIpc) is 2.01. The lowest BCUT2D eigenvalue weighted by Gasteiger charge is -2.62. The van der Waals surface area contributed by atoms with Gasteiger partial charge in [-0.2, -0.15) is 0 Å². The summed E-state index contributed by atoms with van der Waals surface area (Å²) in [5.74, 6) is 1.41. The molecule has 0 amide bonds. The zero-order valence-electron chi connectivity index (χ0n) is 9.51. The van der Waals surface area contributed by atoms with Crippen LogP contribution in [-0.4, -0.2) is 5.54 Å². The van der Waals surface area contributed by atoms with E-state index < -0.39 is 0 Å². The van der Waals surface area contributed by atoms with E-state index in [0.29, 0.717) is 11.3 Å². The van der Waals surface area contributed by atoms with Gasteiger partial charge in [0.05, 0.1) is 0 Å². The average molecular weight is 191 g/mol.